The molecule has 0 spiro atoms. The highest BCUT2D eigenvalue weighted by atomic mass is 32.2. The average molecular weight is 484 g/mol. The number of anilines is 1. The molecule has 0 bridgehead atoms. The number of carbonyl (C=O) groups is 4. The van der Waals surface area contributed by atoms with Gasteiger partial charge in [-0.3, -0.25) is 19.3 Å². The number of fused-ring (bicyclic) bond motifs is 1. The molecule has 3 rings (SSSR count). The number of nitrogens with one attached hydrogen (secondary N) is 1. The first-order valence-corrected chi connectivity index (χ1v) is 11.3. The lowest BCUT2D eigenvalue weighted by atomic mass is 10.0. The van der Waals surface area contributed by atoms with Crippen molar-refractivity contribution in [2.75, 3.05) is 25.4 Å². The van der Waals surface area contributed by atoms with Crippen LogP contribution in [0.3, 0.4) is 0 Å². The van der Waals surface area contributed by atoms with Crippen LogP contribution in [0.4, 0.5) is 5.13 Å². The number of nitrogen functional groups attached to an aromatic ring is 1. The van der Waals surface area contributed by atoms with E-state index in [1.165, 1.54) is 23.8 Å². The molecular formula is C18H21N5O7S2. The van der Waals surface area contributed by atoms with Gasteiger partial charge in [-0.05, 0) is 6.08 Å². The summed E-state index contributed by atoms with van der Waals surface area (Å²) in [6.45, 7) is 2.74. The third-order valence-corrected chi connectivity index (χ3v) is 6.22. The highest BCUT2D eigenvalue weighted by Gasteiger charge is 2.53. The normalized spacial score (nSPS) is 20.1. The second-order valence-corrected chi connectivity index (χ2v) is 8.87. The van der Waals surface area contributed by atoms with Crippen LogP contribution in [0, 0.1) is 5.92 Å². The first-order chi connectivity index (χ1) is 15.2. The van der Waals surface area contributed by atoms with Gasteiger partial charge in [0.25, 0.3) is 11.8 Å². The molecule has 0 aromatic carbocycles. The quantitative estimate of drug-likeness (QED) is 0.170. The van der Waals surface area contributed by atoms with Crippen molar-refractivity contribution in [3.05, 3.63) is 22.8 Å². The number of rotatable bonds is 8. The zero-order valence-electron chi connectivity index (χ0n) is 17.4. The number of β-lactam (4-membered cyclic amide) rings is 1. The first-order valence-electron chi connectivity index (χ1n) is 9.36. The van der Waals surface area contributed by atoms with Gasteiger partial charge >= 0.3 is 11.9 Å². The number of carbonyl (C=O) groups excluding carboxylic acids is 4. The van der Waals surface area contributed by atoms with Gasteiger partial charge in [0.05, 0.1) is 5.92 Å². The summed E-state index contributed by atoms with van der Waals surface area (Å²) in [5.74, 6) is -2.43. The Balaban J connectivity index is 1.62. The predicted molar refractivity (Wildman–Crippen MR) is 115 cm³/mol. The van der Waals surface area contributed by atoms with Crippen LogP contribution >= 0.6 is 23.1 Å². The van der Waals surface area contributed by atoms with Crippen molar-refractivity contribution in [2.24, 2.45) is 11.1 Å². The van der Waals surface area contributed by atoms with Gasteiger partial charge in [0.2, 0.25) is 6.79 Å². The van der Waals surface area contributed by atoms with E-state index >= 15 is 0 Å². The summed E-state index contributed by atoms with van der Waals surface area (Å²) in [4.78, 5) is 59.2. The van der Waals surface area contributed by atoms with Gasteiger partial charge in [-0.2, -0.15) is 0 Å². The molecule has 0 saturated carbocycles. The predicted octanol–water partition coefficient (Wildman–Crippen LogP) is 0.0595. The molecule has 0 radical (unpaired) electrons. The Labute approximate surface area is 191 Å². The molecule has 2 aliphatic rings. The fourth-order valence-electron chi connectivity index (χ4n) is 2.81. The van der Waals surface area contributed by atoms with Crippen LogP contribution in [-0.4, -0.2) is 70.4 Å². The molecule has 1 aromatic rings. The standard InChI is InChI=1S/C18H21N5O7S2/c1-8(2)16(26)29-7-30-17(27)10-4-5-31-15-12(14(25)23(10)15)21-13(24)11(22-28-3)9-6-32-18(19)20-9/h4,6,8,12,15H,5,7H2,1-3H3,(H2,19,20)(H,21,24)/b22-11-/t12?,15-/m1/s1. The lowest BCUT2D eigenvalue weighted by Crippen LogP contribution is -2.70. The van der Waals surface area contributed by atoms with Crippen molar-refractivity contribution in [2.45, 2.75) is 25.3 Å². The van der Waals surface area contributed by atoms with Crippen molar-refractivity contribution in [3.63, 3.8) is 0 Å². The summed E-state index contributed by atoms with van der Waals surface area (Å²) in [6.07, 6.45) is 1.54. The number of nitrogens with zero attached hydrogens (tertiary/aromatic N) is 3. The van der Waals surface area contributed by atoms with Crippen molar-refractivity contribution in [3.8, 4) is 0 Å². The molecule has 3 heterocycles. The summed E-state index contributed by atoms with van der Waals surface area (Å²) in [5, 5.41) is 7.56. The number of nitrogens with two attached hydrogens (primary N) is 1. The monoisotopic (exact) mass is 483 g/mol. The molecule has 1 saturated heterocycles. The Hall–Kier alpha value is -3.13. The van der Waals surface area contributed by atoms with Crippen molar-refractivity contribution < 1.29 is 33.5 Å². The lowest BCUT2D eigenvalue weighted by Gasteiger charge is -2.48. The molecule has 2 atom stereocenters. The number of ether oxygens (including phenoxy) is 2. The van der Waals surface area contributed by atoms with Crippen molar-refractivity contribution in [1.82, 2.24) is 15.2 Å². The highest BCUT2D eigenvalue weighted by Crippen LogP contribution is 2.37. The van der Waals surface area contributed by atoms with Crippen LogP contribution in [0.5, 0.6) is 0 Å². The van der Waals surface area contributed by atoms with E-state index in [0.29, 0.717) is 5.75 Å². The van der Waals surface area contributed by atoms with Gasteiger partial charge < -0.3 is 25.4 Å². The van der Waals surface area contributed by atoms with E-state index in [9.17, 15) is 19.2 Å². The number of aromatic nitrogens is 1. The van der Waals surface area contributed by atoms with E-state index in [1.807, 2.05) is 0 Å². The first kappa shape index (κ1) is 23.5. The maximum Gasteiger partial charge on any atom is 0.357 e. The fourth-order valence-corrected chi connectivity index (χ4v) is 4.56. The summed E-state index contributed by atoms with van der Waals surface area (Å²) < 4.78 is 9.78. The highest BCUT2D eigenvalue weighted by molar-refractivity contribution is 8.00. The Bertz CT molecular complexity index is 990. The summed E-state index contributed by atoms with van der Waals surface area (Å²) in [5.41, 5.74) is 5.72. The van der Waals surface area contributed by atoms with E-state index in [2.05, 4.69) is 15.5 Å². The van der Waals surface area contributed by atoms with E-state index in [-0.39, 0.29) is 28.2 Å². The number of hydrogen-bond acceptors (Lipinski definition) is 12. The molecule has 1 unspecified atom stereocenters. The third kappa shape index (κ3) is 4.85. The summed E-state index contributed by atoms with van der Waals surface area (Å²) in [7, 11) is 1.28. The summed E-state index contributed by atoms with van der Waals surface area (Å²) >= 11 is 2.49. The Morgan fingerprint density at radius 1 is 1.38 bits per heavy atom. The number of thiazole rings is 1. The molecule has 14 heteroatoms. The molecule has 0 aliphatic carbocycles. The minimum Gasteiger partial charge on any atom is -0.428 e. The maximum absolute atomic E-state index is 12.7. The molecule has 1 aromatic heterocycles. The molecular weight excluding hydrogens is 462 g/mol. The smallest absolute Gasteiger partial charge is 0.357 e. The molecule has 1 fully saturated rings. The van der Waals surface area contributed by atoms with E-state index in [0.717, 1.165) is 11.3 Å². The largest absolute Gasteiger partial charge is 0.428 e. The van der Waals surface area contributed by atoms with Crippen molar-refractivity contribution in [1.29, 1.82) is 0 Å². The van der Waals surface area contributed by atoms with Gasteiger partial charge in [-0.1, -0.05) is 19.0 Å². The number of oxime groups is 1. The SMILES string of the molecule is CO/N=C(\C(=O)NC1C(=O)N2C(C(=O)OCOC(=O)C(C)C)=CCS[C@H]12)c1csc(N)n1. The van der Waals surface area contributed by atoms with E-state index < -0.39 is 42.0 Å². The topological polar surface area (TPSA) is 163 Å². The zero-order chi connectivity index (χ0) is 23.4. The van der Waals surface area contributed by atoms with Crippen molar-refractivity contribution >= 4 is 57.7 Å². The van der Waals surface area contributed by atoms with Gasteiger partial charge in [-0.25, -0.2) is 9.78 Å². The Morgan fingerprint density at radius 3 is 2.75 bits per heavy atom. The molecule has 172 valence electrons. The van der Waals surface area contributed by atoms with Gasteiger partial charge in [0, 0.05) is 11.1 Å². The van der Waals surface area contributed by atoms with Gasteiger partial charge in [0.15, 0.2) is 10.8 Å². The zero-order valence-corrected chi connectivity index (χ0v) is 19.0. The number of hydrogen-bond donors (Lipinski definition) is 2. The second-order valence-electron chi connectivity index (χ2n) is 6.83. The van der Waals surface area contributed by atoms with E-state index in [1.54, 1.807) is 25.3 Å². The van der Waals surface area contributed by atoms with Crippen LogP contribution < -0.4 is 11.1 Å². The number of thioether (sulfide) groups is 1. The van der Waals surface area contributed by atoms with Gasteiger partial charge in [-0.15, -0.1) is 23.1 Å². The number of amides is 2. The van der Waals surface area contributed by atoms with E-state index in [4.69, 9.17) is 20.0 Å². The lowest BCUT2D eigenvalue weighted by molar-refractivity contribution is -0.170. The molecule has 3 N–H and O–H groups in total. The minimum atomic E-state index is -0.888. The van der Waals surface area contributed by atoms with Gasteiger partial charge in [0.1, 0.15) is 29.9 Å². The van der Waals surface area contributed by atoms with Crippen LogP contribution in [0.25, 0.3) is 0 Å². The maximum atomic E-state index is 12.7. The Kier molecular flexibility index (Phi) is 7.35. The number of esters is 2. The molecule has 2 aliphatic heterocycles. The molecule has 32 heavy (non-hydrogen) atoms. The molecule has 12 nitrogen and oxygen atoms in total. The van der Waals surface area contributed by atoms with Crippen LogP contribution in [-0.2, 0) is 33.5 Å². The summed E-state index contributed by atoms with van der Waals surface area (Å²) in [6, 6.07) is -0.888. The minimum absolute atomic E-state index is 0.0305. The third-order valence-electron chi connectivity index (χ3n) is 4.37. The van der Waals surface area contributed by atoms with Crippen LogP contribution in [0.1, 0.15) is 19.5 Å². The Morgan fingerprint density at radius 2 is 2.12 bits per heavy atom. The fraction of sp³-hybridized carbons (Fsp3) is 0.444. The van der Waals surface area contributed by atoms with Crippen LogP contribution in [0.15, 0.2) is 22.3 Å². The second kappa shape index (κ2) is 9.99. The average Bonchev–Trinajstić information content (AvgIpc) is 3.20. The van der Waals surface area contributed by atoms with Crippen LogP contribution in [0.2, 0.25) is 0 Å². The molecule has 2 amide bonds.